The van der Waals surface area contributed by atoms with E-state index in [-0.39, 0.29) is 5.56 Å². The van der Waals surface area contributed by atoms with Gasteiger partial charge >= 0.3 is 5.97 Å². The van der Waals surface area contributed by atoms with Crippen LogP contribution in [0.15, 0.2) is 12.1 Å². The molecule has 1 aromatic carbocycles. The summed E-state index contributed by atoms with van der Waals surface area (Å²) in [6.07, 6.45) is -2.97. The molecule has 1 N–H and O–H groups in total. The molecular formula is C9H6F4O2. The second kappa shape index (κ2) is 4.29. The Hall–Kier alpha value is -1.59. The van der Waals surface area contributed by atoms with Crippen LogP contribution in [0.2, 0.25) is 0 Å². The van der Waals surface area contributed by atoms with Crippen LogP contribution in [0.3, 0.4) is 0 Å². The maximum Gasteiger partial charge on any atom is 0.338 e. The van der Waals surface area contributed by atoms with Gasteiger partial charge in [-0.15, -0.1) is 0 Å². The number of halogens is 4. The monoisotopic (exact) mass is 222 g/mol. The van der Waals surface area contributed by atoms with E-state index in [0.717, 1.165) is 0 Å². The third-order valence-electron chi connectivity index (χ3n) is 1.73. The fourth-order valence-corrected chi connectivity index (χ4v) is 1.02. The minimum Gasteiger partial charge on any atom is -0.479 e. The SMILES string of the molecule is O=C(O)[C@@H](F)Cc1cc(F)c(F)c(F)c1. The first kappa shape index (κ1) is 11.5. The minimum absolute atomic E-state index is 0.249. The van der Waals surface area contributed by atoms with Crippen molar-refractivity contribution in [3.05, 3.63) is 35.1 Å². The summed E-state index contributed by atoms with van der Waals surface area (Å²) in [6.45, 7) is 0. The van der Waals surface area contributed by atoms with Crippen molar-refractivity contribution in [3.63, 3.8) is 0 Å². The van der Waals surface area contributed by atoms with Gasteiger partial charge in [0.1, 0.15) is 0 Å². The number of rotatable bonds is 3. The summed E-state index contributed by atoms with van der Waals surface area (Å²) in [7, 11) is 0. The van der Waals surface area contributed by atoms with Crippen molar-refractivity contribution in [1.82, 2.24) is 0 Å². The molecule has 0 heterocycles. The highest BCUT2D eigenvalue weighted by Crippen LogP contribution is 2.15. The van der Waals surface area contributed by atoms with E-state index in [2.05, 4.69) is 0 Å². The topological polar surface area (TPSA) is 37.3 Å². The van der Waals surface area contributed by atoms with Crippen LogP contribution in [0.1, 0.15) is 5.56 Å². The van der Waals surface area contributed by atoms with Gasteiger partial charge in [-0.25, -0.2) is 22.4 Å². The Kier molecular flexibility index (Phi) is 3.28. The lowest BCUT2D eigenvalue weighted by molar-refractivity contribution is -0.142. The van der Waals surface area contributed by atoms with E-state index < -0.39 is 36.0 Å². The Bertz CT molecular complexity index is 369. The largest absolute Gasteiger partial charge is 0.479 e. The second-order valence-corrected chi connectivity index (χ2v) is 2.88. The number of aliphatic carboxylic acids is 1. The molecule has 2 nitrogen and oxygen atoms in total. The van der Waals surface area contributed by atoms with Crippen molar-refractivity contribution in [2.24, 2.45) is 0 Å². The van der Waals surface area contributed by atoms with Crippen LogP contribution < -0.4 is 0 Å². The van der Waals surface area contributed by atoms with E-state index in [1.54, 1.807) is 0 Å². The molecule has 1 atom stereocenters. The normalized spacial score (nSPS) is 12.5. The van der Waals surface area contributed by atoms with Gasteiger partial charge < -0.3 is 5.11 Å². The lowest BCUT2D eigenvalue weighted by Gasteiger charge is -2.04. The third kappa shape index (κ3) is 2.68. The number of carbonyl (C=O) groups is 1. The molecule has 0 saturated heterocycles. The van der Waals surface area contributed by atoms with Crippen molar-refractivity contribution in [1.29, 1.82) is 0 Å². The van der Waals surface area contributed by atoms with Crippen molar-refractivity contribution in [2.45, 2.75) is 12.6 Å². The highest BCUT2D eigenvalue weighted by Gasteiger charge is 2.18. The summed E-state index contributed by atoms with van der Waals surface area (Å²) in [4.78, 5) is 10.1. The molecule has 0 spiro atoms. The molecule has 0 aromatic heterocycles. The Balaban J connectivity index is 2.92. The predicted octanol–water partition coefficient (Wildman–Crippen LogP) is 2.07. The fraction of sp³-hybridized carbons (Fsp3) is 0.222. The lowest BCUT2D eigenvalue weighted by atomic mass is 10.1. The summed E-state index contributed by atoms with van der Waals surface area (Å²) >= 11 is 0. The zero-order valence-corrected chi connectivity index (χ0v) is 7.31. The summed E-state index contributed by atoms with van der Waals surface area (Å²) < 4.78 is 50.3. The molecular weight excluding hydrogens is 216 g/mol. The number of carboxylic acids is 1. The fourth-order valence-electron chi connectivity index (χ4n) is 1.02. The number of hydrogen-bond acceptors (Lipinski definition) is 1. The van der Waals surface area contributed by atoms with Crippen LogP contribution in [0, 0.1) is 17.5 Å². The second-order valence-electron chi connectivity index (χ2n) is 2.88. The van der Waals surface area contributed by atoms with Crippen molar-refractivity contribution < 1.29 is 27.5 Å². The standard InChI is InChI=1S/C9H6F4O2/c10-5-1-4(2-6(11)8(5)13)3-7(12)9(14)15/h1-2,7H,3H2,(H,14,15)/t7-/m0/s1. The van der Waals surface area contributed by atoms with E-state index in [4.69, 9.17) is 5.11 Å². The summed E-state index contributed by atoms with van der Waals surface area (Å²) in [6, 6.07) is 1.13. The van der Waals surface area contributed by atoms with Gasteiger partial charge in [-0.05, 0) is 17.7 Å². The zero-order chi connectivity index (χ0) is 11.6. The highest BCUT2D eigenvalue weighted by molar-refractivity contribution is 5.72. The molecule has 6 heteroatoms. The Morgan fingerprint density at radius 1 is 1.27 bits per heavy atom. The van der Waals surface area contributed by atoms with Crippen molar-refractivity contribution in [2.75, 3.05) is 0 Å². The summed E-state index contributed by atoms with van der Waals surface area (Å²) in [5.41, 5.74) is -0.249. The third-order valence-corrected chi connectivity index (χ3v) is 1.73. The quantitative estimate of drug-likeness (QED) is 0.627. The molecule has 15 heavy (non-hydrogen) atoms. The van der Waals surface area contributed by atoms with Crippen molar-refractivity contribution >= 4 is 5.97 Å². The van der Waals surface area contributed by atoms with E-state index >= 15 is 0 Å². The van der Waals surface area contributed by atoms with E-state index in [1.165, 1.54) is 0 Å². The maximum absolute atomic E-state index is 12.6. The molecule has 1 aromatic rings. The van der Waals surface area contributed by atoms with Gasteiger partial charge in [-0.2, -0.15) is 0 Å². The van der Waals surface area contributed by atoms with E-state index in [0.29, 0.717) is 12.1 Å². The Labute approximate surface area is 82.1 Å². The van der Waals surface area contributed by atoms with Gasteiger partial charge in [0.2, 0.25) is 6.17 Å². The van der Waals surface area contributed by atoms with Crippen LogP contribution in [0.5, 0.6) is 0 Å². The van der Waals surface area contributed by atoms with Gasteiger partial charge in [0.25, 0.3) is 0 Å². The zero-order valence-electron chi connectivity index (χ0n) is 7.31. The molecule has 0 aliphatic rings. The van der Waals surface area contributed by atoms with Crippen LogP contribution >= 0.6 is 0 Å². The molecule has 1 rings (SSSR count). The molecule has 0 fully saturated rings. The molecule has 0 aliphatic carbocycles. The molecule has 82 valence electrons. The Morgan fingerprint density at radius 3 is 2.13 bits per heavy atom. The average Bonchev–Trinajstić information content (AvgIpc) is 2.13. The number of hydrogen-bond donors (Lipinski definition) is 1. The first-order valence-electron chi connectivity index (χ1n) is 3.92. The average molecular weight is 222 g/mol. The molecule has 0 bridgehead atoms. The summed E-state index contributed by atoms with van der Waals surface area (Å²) in [5.74, 6) is -6.34. The van der Waals surface area contributed by atoms with Crippen molar-refractivity contribution in [3.8, 4) is 0 Å². The maximum atomic E-state index is 12.6. The van der Waals surface area contributed by atoms with E-state index in [1.807, 2.05) is 0 Å². The van der Waals surface area contributed by atoms with Gasteiger partial charge in [0, 0.05) is 6.42 Å². The predicted molar refractivity (Wildman–Crippen MR) is 42.6 cm³/mol. The van der Waals surface area contributed by atoms with Gasteiger partial charge in [-0.1, -0.05) is 0 Å². The van der Waals surface area contributed by atoms with Gasteiger partial charge in [0.05, 0.1) is 0 Å². The first-order chi connectivity index (χ1) is 6.91. The van der Waals surface area contributed by atoms with Gasteiger partial charge in [-0.3, -0.25) is 0 Å². The van der Waals surface area contributed by atoms with Crippen LogP contribution in [0.4, 0.5) is 17.6 Å². The number of alkyl halides is 1. The highest BCUT2D eigenvalue weighted by atomic mass is 19.2. The molecule has 0 radical (unpaired) electrons. The number of benzene rings is 1. The molecule has 0 aliphatic heterocycles. The minimum atomic E-state index is -2.27. The smallest absolute Gasteiger partial charge is 0.338 e. The van der Waals surface area contributed by atoms with Crippen LogP contribution in [-0.4, -0.2) is 17.2 Å². The lowest BCUT2D eigenvalue weighted by Crippen LogP contribution is -2.17. The molecule has 0 amide bonds. The number of carboxylic acid groups (broad SMARTS) is 1. The molecule has 0 saturated carbocycles. The summed E-state index contributed by atoms with van der Waals surface area (Å²) in [5, 5.41) is 8.20. The van der Waals surface area contributed by atoms with Crippen LogP contribution in [0.25, 0.3) is 0 Å². The van der Waals surface area contributed by atoms with Crippen LogP contribution in [-0.2, 0) is 11.2 Å². The Morgan fingerprint density at radius 2 is 1.73 bits per heavy atom. The van der Waals surface area contributed by atoms with E-state index in [9.17, 15) is 22.4 Å². The molecule has 0 unspecified atom stereocenters. The first-order valence-corrected chi connectivity index (χ1v) is 3.92. The van der Waals surface area contributed by atoms with Gasteiger partial charge in [0.15, 0.2) is 17.5 Å².